The van der Waals surface area contributed by atoms with Crippen LogP contribution in [0.3, 0.4) is 0 Å². The van der Waals surface area contributed by atoms with Gasteiger partial charge in [-0.2, -0.15) is 0 Å². The molecule has 5 nitrogen and oxygen atoms in total. The lowest BCUT2D eigenvalue weighted by Crippen LogP contribution is -2.12. The fourth-order valence-electron chi connectivity index (χ4n) is 4.09. The Labute approximate surface area is 210 Å². The van der Waals surface area contributed by atoms with Crippen molar-refractivity contribution in [3.8, 4) is 5.69 Å². The maximum absolute atomic E-state index is 12.7. The van der Waals surface area contributed by atoms with Gasteiger partial charge >= 0.3 is 5.97 Å². The minimum Gasteiger partial charge on any atom is -0.506 e. The zero-order valence-corrected chi connectivity index (χ0v) is 21.5. The van der Waals surface area contributed by atoms with Crippen LogP contribution in [-0.4, -0.2) is 27.3 Å². The fraction of sp³-hybridized carbons (Fsp3) is 0.241. The van der Waals surface area contributed by atoms with E-state index in [1.807, 2.05) is 36.4 Å². The Hall–Kier alpha value is -3.51. The Bertz CT molecular complexity index is 1330. The Morgan fingerprint density at radius 1 is 1.11 bits per heavy atom. The molecule has 35 heavy (non-hydrogen) atoms. The van der Waals surface area contributed by atoms with Crippen molar-refractivity contribution in [1.82, 2.24) is 4.57 Å². The van der Waals surface area contributed by atoms with Crippen molar-refractivity contribution in [1.29, 1.82) is 0 Å². The molecule has 1 aliphatic rings. The molecule has 0 amide bonds. The molecule has 0 saturated heterocycles. The van der Waals surface area contributed by atoms with Crippen molar-refractivity contribution >= 4 is 34.5 Å². The monoisotopic (exact) mass is 486 g/mol. The molecule has 0 fully saturated rings. The highest BCUT2D eigenvalue weighted by atomic mass is 32.2. The number of rotatable bonds is 6. The quantitative estimate of drug-likeness (QED) is 0.369. The molecule has 0 radical (unpaired) electrons. The van der Waals surface area contributed by atoms with Gasteiger partial charge in [-0.3, -0.25) is 0 Å². The molecule has 1 aliphatic heterocycles. The molecular formula is C29H30N2O3S. The number of aromatic nitrogens is 1. The summed E-state index contributed by atoms with van der Waals surface area (Å²) >= 11 is 1.27. The molecule has 2 aromatic carbocycles. The molecule has 1 N–H and O–H groups in total. The van der Waals surface area contributed by atoms with E-state index in [2.05, 4.69) is 67.6 Å². The number of carbonyl (C=O) groups excluding carboxylic acids is 1. The Morgan fingerprint density at radius 2 is 1.80 bits per heavy atom. The highest BCUT2D eigenvalue weighted by molar-refractivity contribution is 8.18. The van der Waals surface area contributed by atoms with Gasteiger partial charge in [0.25, 0.3) is 0 Å². The number of aliphatic imine (C=N–C) groups is 1. The summed E-state index contributed by atoms with van der Waals surface area (Å²) < 4.78 is 7.41. The molecule has 0 atom stereocenters. The molecule has 1 aromatic heterocycles. The summed E-state index contributed by atoms with van der Waals surface area (Å²) in [6, 6.07) is 20.1. The summed E-state index contributed by atoms with van der Waals surface area (Å²) in [5.74, 6) is -0.203. The van der Waals surface area contributed by atoms with Crippen molar-refractivity contribution in [2.24, 2.45) is 4.99 Å². The summed E-state index contributed by atoms with van der Waals surface area (Å²) in [5.41, 5.74) is 6.29. The predicted octanol–water partition coefficient (Wildman–Crippen LogP) is 7.41. The van der Waals surface area contributed by atoms with Gasteiger partial charge in [0.1, 0.15) is 16.4 Å². The second kappa shape index (κ2) is 10.4. The second-order valence-electron chi connectivity index (χ2n) is 8.72. The lowest BCUT2D eigenvalue weighted by molar-refractivity contribution is -0.138. The number of thioether (sulfide) groups is 1. The summed E-state index contributed by atoms with van der Waals surface area (Å²) in [4.78, 5) is 17.9. The van der Waals surface area contributed by atoms with Crippen LogP contribution >= 0.6 is 11.8 Å². The number of nitrogens with zero attached hydrogens (tertiary/aromatic N) is 2. The molecule has 0 spiro atoms. The number of para-hydroxylation sites is 1. The third kappa shape index (κ3) is 5.13. The van der Waals surface area contributed by atoms with E-state index < -0.39 is 5.97 Å². The molecule has 0 unspecified atom stereocenters. The highest BCUT2D eigenvalue weighted by Gasteiger charge is 2.33. The van der Waals surface area contributed by atoms with Gasteiger partial charge in [-0.1, -0.05) is 55.9 Å². The molecule has 6 heteroatoms. The van der Waals surface area contributed by atoms with E-state index in [9.17, 15) is 9.90 Å². The zero-order valence-electron chi connectivity index (χ0n) is 20.7. The molecular weight excluding hydrogens is 456 g/mol. The topological polar surface area (TPSA) is 63.8 Å². The lowest BCUT2D eigenvalue weighted by atomic mass is 10.0. The van der Waals surface area contributed by atoms with Crippen molar-refractivity contribution in [2.75, 3.05) is 6.61 Å². The van der Waals surface area contributed by atoms with Gasteiger partial charge < -0.3 is 14.4 Å². The standard InChI is InChI=1S/C29H30N2O3S/c1-6-34-29(33)26-27(32)25(35-28(26)30-23-10-8-7-9-11-23)17-22-16-19(4)31(20(22)5)24-14-12-21(13-15-24)18(2)3/h7-18,32H,6H2,1-5H3/b25-17-,30-28?. The number of esters is 1. The number of ether oxygens (including phenoxy) is 1. The zero-order chi connectivity index (χ0) is 25.1. The summed E-state index contributed by atoms with van der Waals surface area (Å²) in [6.45, 7) is 10.4. The van der Waals surface area contributed by atoms with E-state index in [-0.39, 0.29) is 17.9 Å². The highest BCUT2D eigenvalue weighted by Crippen LogP contribution is 2.41. The largest absolute Gasteiger partial charge is 0.506 e. The normalized spacial score (nSPS) is 16.1. The number of aliphatic hydroxyl groups is 1. The van der Waals surface area contributed by atoms with Gasteiger partial charge in [0.05, 0.1) is 17.2 Å². The van der Waals surface area contributed by atoms with E-state index in [4.69, 9.17) is 4.74 Å². The molecule has 0 saturated carbocycles. The predicted molar refractivity (Wildman–Crippen MR) is 145 cm³/mol. The lowest BCUT2D eigenvalue weighted by Gasteiger charge is -2.12. The van der Waals surface area contributed by atoms with Crippen LogP contribution < -0.4 is 0 Å². The minimum atomic E-state index is -0.578. The first-order valence-electron chi connectivity index (χ1n) is 11.7. The van der Waals surface area contributed by atoms with E-state index >= 15 is 0 Å². The number of carbonyl (C=O) groups is 1. The number of hydrogen-bond donors (Lipinski definition) is 1. The molecule has 0 aliphatic carbocycles. The Balaban J connectivity index is 1.74. The van der Waals surface area contributed by atoms with Crippen LogP contribution in [0.2, 0.25) is 0 Å². The van der Waals surface area contributed by atoms with Gasteiger partial charge in [-0.05, 0) is 74.2 Å². The maximum atomic E-state index is 12.7. The van der Waals surface area contributed by atoms with E-state index in [1.54, 1.807) is 6.92 Å². The molecule has 180 valence electrons. The van der Waals surface area contributed by atoms with Crippen LogP contribution in [0.1, 0.15) is 49.2 Å². The van der Waals surface area contributed by atoms with E-state index in [0.29, 0.717) is 21.6 Å². The summed E-state index contributed by atoms with van der Waals surface area (Å²) in [7, 11) is 0. The van der Waals surface area contributed by atoms with Crippen LogP contribution in [0.5, 0.6) is 0 Å². The number of hydrogen-bond acceptors (Lipinski definition) is 5. The first-order chi connectivity index (χ1) is 16.8. The van der Waals surface area contributed by atoms with Crippen LogP contribution in [0.25, 0.3) is 11.8 Å². The minimum absolute atomic E-state index is 0.102. The third-order valence-electron chi connectivity index (χ3n) is 5.93. The van der Waals surface area contributed by atoms with Crippen molar-refractivity contribution in [3.05, 3.63) is 99.4 Å². The molecule has 0 bridgehead atoms. The van der Waals surface area contributed by atoms with Crippen LogP contribution in [0, 0.1) is 13.8 Å². The third-order valence-corrected chi connectivity index (χ3v) is 6.95. The number of benzene rings is 2. The Kier molecular flexibility index (Phi) is 7.31. The van der Waals surface area contributed by atoms with Crippen molar-refractivity contribution in [2.45, 2.75) is 40.5 Å². The van der Waals surface area contributed by atoms with Gasteiger partial charge in [-0.15, -0.1) is 0 Å². The molecule has 2 heterocycles. The average Bonchev–Trinajstić information content (AvgIpc) is 3.29. The van der Waals surface area contributed by atoms with E-state index in [1.165, 1.54) is 17.3 Å². The van der Waals surface area contributed by atoms with Gasteiger partial charge in [0, 0.05) is 17.1 Å². The first-order valence-corrected chi connectivity index (χ1v) is 12.6. The van der Waals surface area contributed by atoms with Gasteiger partial charge in [0.15, 0.2) is 0 Å². The number of aliphatic hydroxyl groups excluding tert-OH is 1. The van der Waals surface area contributed by atoms with E-state index in [0.717, 1.165) is 22.6 Å². The van der Waals surface area contributed by atoms with Crippen LogP contribution in [0.15, 0.2) is 81.9 Å². The van der Waals surface area contributed by atoms with Crippen LogP contribution in [-0.2, 0) is 9.53 Å². The maximum Gasteiger partial charge on any atom is 0.344 e. The average molecular weight is 487 g/mol. The van der Waals surface area contributed by atoms with Gasteiger partial charge in [-0.25, -0.2) is 9.79 Å². The molecule has 4 rings (SSSR count). The van der Waals surface area contributed by atoms with Crippen LogP contribution in [0.4, 0.5) is 5.69 Å². The van der Waals surface area contributed by atoms with Crippen molar-refractivity contribution < 1.29 is 14.6 Å². The summed E-state index contributed by atoms with van der Waals surface area (Å²) in [6.07, 6.45) is 1.91. The smallest absolute Gasteiger partial charge is 0.344 e. The Morgan fingerprint density at radius 3 is 2.43 bits per heavy atom. The van der Waals surface area contributed by atoms with Gasteiger partial charge in [0.2, 0.25) is 0 Å². The first kappa shape index (κ1) is 24.6. The SMILES string of the molecule is CCOC(=O)C1=C(O)/C(=C/c2cc(C)n(-c3ccc(C(C)C)cc3)c2C)SC1=Nc1ccccc1. The van der Waals surface area contributed by atoms with Crippen molar-refractivity contribution in [3.63, 3.8) is 0 Å². The fourth-order valence-corrected chi connectivity index (χ4v) is 5.12. The summed E-state index contributed by atoms with van der Waals surface area (Å²) in [5, 5.41) is 11.5. The molecule has 3 aromatic rings. The number of aryl methyl sites for hydroxylation is 1. The second-order valence-corrected chi connectivity index (χ2v) is 9.75.